The molecule has 1 amide bonds. The Morgan fingerprint density at radius 2 is 1.97 bits per heavy atom. The first-order chi connectivity index (χ1) is 17.4. The number of amides is 1. The number of pyridine rings is 1. The van der Waals surface area contributed by atoms with Crippen molar-refractivity contribution in [1.29, 1.82) is 0 Å². The number of Topliss-reactive ketones (excluding diaryl/α,β-unsaturated/α-hetero) is 1. The Morgan fingerprint density at radius 3 is 2.64 bits per heavy atom. The molecule has 8 nitrogen and oxygen atoms in total. The van der Waals surface area contributed by atoms with Crippen molar-refractivity contribution in [1.82, 2.24) is 14.8 Å². The van der Waals surface area contributed by atoms with Gasteiger partial charge < -0.3 is 19.5 Å². The average Bonchev–Trinajstić information content (AvgIpc) is 3.13. The molecule has 0 saturated carbocycles. The van der Waals surface area contributed by atoms with E-state index < -0.39 is 17.7 Å². The largest absolute Gasteiger partial charge is 0.507 e. The molecule has 0 bridgehead atoms. The minimum atomic E-state index is -0.694. The van der Waals surface area contributed by atoms with Crippen LogP contribution in [0.5, 0.6) is 5.75 Å². The molecular formula is C28H35N3O5. The van der Waals surface area contributed by atoms with Crippen molar-refractivity contribution < 1.29 is 24.2 Å². The number of benzene rings is 1. The predicted molar refractivity (Wildman–Crippen MR) is 137 cm³/mol. The minimum Gasteiger partial charge on any atom is -0.507 e. The summed E-state index contributed by atoms with van der Waals surface area (Å²) in [7, 11) is 0. The van der Waals surface area contributed by atoms with E-state index in [0.29, 0.717) is 49.8 Å². The molecule has 0 aliphatic carbocycles. The van der Waals surface area contributed by atoms with Crippen LogP contribution in [0.25, 0.3) is 5.76 Å². The van der Waals surface area contributed by atoms with Crippen LogP contribution in [0.3, 0.4) is 0 Å². The van der Waals surface area contributed by atoms with Gasteiger partial charge in [0.05, 0.1) is 31.4 Å². The molecule has 3 heterocycles. The van der Waals surface area contributed by atoms with Crippen LogP contribution in [-0.4, -0.2) is 77.6 Å². The molecule has 1 aromatic carbocycles. The highest BCUT2D eigenvalue weighted by atomic mass is 16.5. The predicted octanol–water partition coefficient (Wildman–Crippen LogP) is 3.57. The lowest BCUT2D eigenvalue weighted by atomic mass is 9.95. The van der Waals surface area contributed by atoms with Gasteiger partial charge in [0.1, 0.15) is 11.5 Å². The molecule has 8 heteroatoms. The number of hydrogen-bond acceptors (Lipinski definition) is 7. The van der Waals surface area contributed by atoms with E-state index in [2.05, 4.69) is 23.7 Å². The summed E-state index contributed by atoms with van der Waals surface area (Å²) in [5, 5.41) is 11.3. The molecule has 2 aliphatic heterocycles. The van der Waals surface area contributed by atoms with E-state index in [4.69, 9.17) is 9.47 Å². The number of hydrogen-bond donors (Lipinski definition) is 1. The molecule has 0 spiro atoms. The number of ether oxygens (including phenoxy) is 2. The summed E-state index contributed by atoms with van der Waals surface area (Å²) in [6.45, 7) is 11.0. The topological polar surface area (TPSA) is 92.2 Å². The maximum Gasteiger partial charge on any atom is 0.295 e. The monoisotopic (exact) mass is 493 g/mol. The summed E-state index contributed by atoms with van der Waals surface area (Å²) in [6, 6.07) is 8.22. The lowest BCUT2D eigenvalue weighted by molar-refractivity contribution is -0.140. The molecule has 2 aromatic rings. The molecule has 2 aliphatic rings. The maximum absolute atomic E-state index is 13.2. The summed E-state index contributed by atoms with van der Waals surface area (Å²) >= 11 is 0. The molecule has 4 rings (SSSR count). The summed E-state index contributed by atoms with van der Waals surface area (Å²) < 4.78 is 11.3. The van der Waals surface area contributed by atoms with Crippen LogP contribution < -0.4 is 4.74 Å². The molecule has 1 N–H and O–H groups in total. The molecular weight excluding hydrogens is 458 g/mol. The number of carbonyl (C=O) groups is 2. The molecule has 2 fully saturated rings. The van der Waals surface area contributed by atoms with Crippen LogP contribution in [0.1, 0.15) is 43.0 Å². The third kappa shape index (κ3) is 5.77. The van der Waals surface area contributed by atoms with Crippen molar-refractivity contribution in [2.45, 2.75) is 33.2 Å². The number of aliphatic hydroxyl groups is 1. The van der Waals surface area contributed by atoms with Crippen LogP contribution in [0.2, 0.25) is 0 Å². The zero-order valence-corrected chi connectivity index (χ0v) is 21.3. The van der Waals surface area contributed by atoms with Crippen LogP contribution >= 0.6 is 0 Å². The van der Waals surface area contributed by atoms with Crippen molar-refractivity contribution in [3.63, 3.8) is 0 Å². The van der Waals surface area contributed by atoms with Crippen LogP contribution in [-0.2, 0) is 14.3 Å². The summed E-state index contributed by atoms with van der Waals surface area (Å²) in [5.41, 5.74) is 2.11. The molecule has 36 heavy (non-hydrogen) atoms. The fraction of sp³-hybridized carbons (Fsp3) is 0.464. The Hall–Kier alpha value is -3.23. The van der Waals surface area contributed by atoms with Gasteiger partial charge in [0, 0.05) is 44.1 Å². The van der Waals surface area contributed by atoms with Gasteiger partial charge in [-0.25, -0.2) is 0 Å². The first-order valence-corrected chi connectivity index (χ1v) is 12.6. The van der Waals surface area contributed by atoms with Gasteiger partial charge in [-0.1, -0.05) is 19.9 Å². The summed E-state index contributed by atoms with van der Waals surface area (Å²) in [5.74, 6) is -0.341. The van der Waals surface area contributed by atoms with Crippen molar-refractivity contribution in [2.75, 3.05) is 46.0 Å². The van der Waals surface area contributed by atoms with E-state index >= 15 is 0 Å². The first-order valence-electron chi connectivity index (χ1n) is 12.6. The van der Waals surface area contributed by atoms with Gasteiger partial charge in [0.2, 0.25) is 0 Å². The van der Waals surface area contributed by atoms with Gasteiger partial charge in [-0.05, 0) is 54.7 Å². The van der Waals surface area contributed by atoms with Crippen LogP contribution in [0.15, 0.2) is 48.3 Å². The minimum absolute atomic E-state index is 0.0922. The smallest absolute Gasteiger partial charge is 0.295 e. The van der Waals surface area contributed by atoms with E-state index in [0.717, 1.165) is 30.9 Å². The third-order valence-electron chi connectivity index (χ3n) is 6.54. The maximum atomic E-state index is 13.2. The molecule has 2 saturated heterocycles. The molecule has 1 atom stereocenters. The highest BCUT2D eigenvalue weighted by Crippen LogP contribution is 2.39. The normalized spacial score (nSPS) is 20.3. The quantitative estimate of drug-likeness (QED) is 0.324. The van der Waals surface area contributed by atoms with Gasteiger partial charge in [-0.2, -0.15) is 0 Å². The van der Waals surface area contributed by atoms with Crippen LogP contribution in [0, 0.1) is 12.8 Å². The Bertz CT molecular complexity index is 1110. The van der Waals surface area contributed by atoms with Crippen molar-refractivity contribution in [3.05, 3.63) is 65.0 Å². The van der Waals surface area contributed by atoms with E-state index in [9.17, 15) is 14.7 Å². The number of carbonyl (C=O) groups excluding carboxylic acids is 2. The molecule has 192 valence electrons. The number of ketones is 1. The fourth-order valence-electron chi connectivity index (χ4n) is 4.65. The number of aliphatic hydroxyl groups excluding tert-OH is 1. The number of rotatable bonds is 9. The Morgan fingerprint density at radius 1 is 1.19 bits per heavy atom. The van der Waals surface area contributed by atoms with Gasteiger partial charge in [0.15, 0.2) is 0 Å². The number of aryl methyl sites for hydroxylation is 1. The highest BCUT2D eigenvalue weighted by molar-refractivity contribution is 6.46. The Balaban J connectivity index is 1.63. The Labute approximate surface area is 212 Å². The van der Waals surface area contributed by atoms with Gasteiger partial charge in [-0.3, -0.25) is 19.5 Å². The zero-order chi connectivity index (χ0) is 25.7. The van der Waals surface area contributed by atoms with Crippen molar-refractivity contribution in [2.24, 2.45) is 5.92 Å². The van der Waals surface area contributed by atoms with E-state index in [-0.39, 0.29) is 11.3 Å². The van der Waals surface area contributed by atoms with E-state index in [1.807, 2.05) is 13.0 Å². The molecule has 0 unspecified atom stereocenters. The van der Waals surface area contributed by atoms with E-state index in [1.165, 1.54) is 0 Å². The summed E-state index contributed by atoms with van der Waals surface area (Å²) in [4.78, 5) is 34.4. The number of aromatic nitrogens is 1. The molecule has 1 aromatic heterocycles. The zero-order valence-electron chi connectivity index (χ0n) is 21.3. The lowest BCUT2D eigenvalue weighted by Gasteiger charge is -2.29. The standard InChI is InChI=1S/C28H35N3O5/c1-19(2)18-36-23-8-7-21(16-20(23)3)26(32)24-25(22-6-4-9-29-17-22)31(28(34)27(24)33)11-5-10-30-12-14-35-15-13-30/h4,6-9,16-17,19,25,32H,5,10-15,18H2,1-3H3/t25-/m0/s1. The highest BCUT2D eigenvalue weighted by Gasteiger charge is 2.46. The Kier molecular flexibility index (Phi) is 8.38. The fourth-order valence-corrected chi connectivity index (χ4v) is 4.65. The second kappa shape index (κ2) is 11.7. The SMILES string of the molecule is Cc1cc(C(O)=C2C(=O)C(=O)N(CCCN3CCOCC3)[C@H]2c2cccnc2)ccc1OCC(C)C. The van der Waals surface area contributed by atoms with Crippen LogP contribution in [0.4, 0.5) is 0 Å². The lowest BCUT2D eigenvalue weighted by Crippen LogP contribution is -2.39. The van der Waals surface area contributed by atoms with Gasteiger partial charge >= 0.3 is 0 Å². The molecule has 0 radical (unpaired) electrons. The summed E-state index contributed by atoms with van der Waals surface area (Å²) in [6.07, 6.45) is 4.01. The third-order valence-corrected chi connectivity index (χ3v) is 6.54. The van der Waals surface area contributed by atoms with E-state index in [1.54, 1.807) is 41.6 Å². The number of morpholine rings is 1. The second-order valence-electron chi connectivity index (χ2n) is 9.77. The van der Waals surface area contributed by atoms with Crippen molar-refractivity contribution in [3.8, 4) is 5.75 Å². The van der Waals surface area contributed by atoms with Gasteiger partial charge in [-0.15, -0.1) is 0 Å². The first kappa shape index (κ1) is 25.9. The number of nitrogens with zero attached hydrogens (tertiary/aromatic N) is 3. The average molecular weight is 494 g/mol. The van der Waals surface area contributed by atoms with Gasteiger partial charge in [0.25, 0.3) is 11.7 Å². The number of likely N-dealkylation sites (tertiary alicyclic amines) is 1. The second-order valence-corrected chi connectivity index (χ2v) is 9.77. The van der Waals surface area contributed by atoms with Crippen molar-refractivity contribution >= 4 is 17.4 Å².